The van der Waals surface area contributed by atoms with Gasteiger partial charge in [-0.15, -0.1) is 0 Å². The van der Waals surface area contributed by atoms with Crippen LogP contribution < -0.4 is 9.04 Å². The first-order valence-electron chi connectivity index (χ1n) is 9.11. The SMILES string of the molecule is Cc1ccc(S(=O)(=O)N2CC(C(=O)N3CCCC3)Oc3ccccc32)cc1. The highest BCUT2D eigenvalue weighted by molar-refractivity contribution is 7.92. The zero-order valence-corrected chi connectivity index (χ0v) is 16.0. The van der Waals surface area contributed by atoms with E-state index in [9.17, 15) is 13.2 Å². The van der Waals surface area contributed by atoms with Crippen molar-refractivity contribution in [3.05, 3.63) is 54.1 Å². The highest BCUT2D eigenvalue weighted by atomic mass is 32.2. The number of sulfonamides is 1. The van der Waals surface area contributed by atoms with Crippen molar-refractivity contribution in [3.8, 4) is 5.75 Å². The second-order valence-electron chi connectivity index (χ2n) is 6.96. The van der Waals surface area contributed by atoms with Gasteiger partial charge in [-0.2, -0.15) is 0 Å². The average molecular weight is 386 g/mol. The van der Waals surface area contributed by atoms with Gasteiger partial charge in [0.05, 0.1) is 17.1 Å². The van der Waals surface area contributed by atoms with E-state index in [-0.39, 0.29) is 17.3 Å². The monoisotopic (exact) mass is 386 g/mol. The van der Waals surface area contributed by atoms with Gasteiger partial charge in [-0.1, -0.05) is 29.8 Å². The summed E-state index contributed by atoms with van der Waals surface area (Å²) < 4.78 is 33.8. The molecule has 0 aliphatic carbocycles. The Kier molecular flexibility index (Phi) is 4.55. The molecule has 1 saturated heterocycles. The molecule has 0 aromatic heterocycles. The smallest absolute Gasteiger partial charge is 0.265 e. The molecule has 2 aliphatic rings. The molecule has 2 aromatic rings. The van der Waals surface area contributed by atoms with Crippen molar-refractivity contribution in [1.29, 1.82) is 0 Å². The van der Waals surface area contributed by atoms with E-state index in [4.69, 9.17) is 4.74 Å². The fourth-order valence-corrected chi connectivity index (χ4v) is 5.01. The molecule has 1 atom stereocenters. The van der Waals surface area contributed by atoms with Gasteiger partial charge in [0.1, 0.15) is 5.75 Å². The highest BCUT2D eigenvalue weighted by Gasteiger charge is 2.39. The summed E-state index contributed by atoms with van der Waals surface area (Å²) in [6.07, 6.45) is 1.11. The molecule has 0 N–H and O–H groups in total. The maximum absolute atomic E-state index is 13.3. The Labute approximate surface area is 159 Å². The van der Waals surface area contributed by atoms with Crippen molar-refractivity contribution >= 4 is 21.6 Å². The Morgan fingerprint density at radius 1 is 1.04 bits per heavy atom. The Balaban J connectivity index is 1.72. The molecule has 0 spiro atoms. The number of fused-ring (bicyclic) bond motifs is 1. The number of ether oxygens (including phenoxy) is 1. The number of benzene rings is 2. The molecule has 2 aromatic carbocycles. The van der Waals surface area contributed by atoms with Gasteiger partial charge in [0, 0.05) is 13.1 Å². The third kappa shape index (κ3) is 3.27. The van der Waals surface area contributed by atoms with E-state index in [0.717, 1.165) is 18.4 Å². The molecular weight excluding hydrogens is 364 g/mol. The zero-order chi connectivity index (χ0) is 19.0. The van der Waals surface area contributed by atoms with Gasteiger partial charge in [0.25, 0.3) is 15.9 Å². The third-order valence-corrected chi connectivity index (χ3v) is 6.83. The predicted octanol–water partition coefficient (Wildman–Crippen LogP) is 2.57. The molecule has 6 nitrogen and oxygen atoms in total. The van der Waals surface area contributed by atoms with Crippen LogP contribution in [0.2, 0.25) is 0 Å². The quantitative estimate of drug-likeness (QED) is 0.813. The maximum Gasteiger partial charge on any atom is 0.265 e. The largest absolute Gasteiger partial charge is 0.476 e. The number of likely N-dealkylation sites (tertiary alicyclic amines) is 1. The number of hydrogen-bond acceptors (Lipinski definition) is 4. The van der Waals surface area contributed by atoms with Crippen LogP contribution in [0.5, 0.6) is 5.75 Å². The number of carbonyl (C=O) groups excluding carboxylic acids is 1. The molecule has 0 saturated carbocycles. The van der Waals surface area contributed by atoms with Gasteiger partial charge >= 0.3 is 0 Å². The van der Waals surface area contributed by atoms with Crippen molar-refractivity contribution < 1.29 is 17.9 Å². The number of anilines is 1. The lowest BCUT2D eigenvalue weighted by Gasteiger charge is -2.36. The van der Waals surface area contributed by atoms with E-state index in [2.05, 4.69) is 0 Å². The van der Waals surface area contributed by atoms with E-state index >= 15 is 0 Å². The molecule has 7 heteroatoms. The van der Waals surface area contributed by atoms with Crippen LogP contribution in [0.3, 0.4) is 0 Å². The summed E-state index contributed by atoms with van der Waals surface area (Å²) in [5.41, 5.74) is 1.45. The van der Waals surface area contributed by atoms with E-state index < -0.39 is 16.1 Å². The minimum Gasteiger partial charge on any atom is -0.476 e. The summed E-state index contributed by atoms with van der Waals surface area (Å²) in [6.45, 7) is 3.28. The van der Waals surface area contributed by atoms with Crippen LogP contribution in [-0.4, -0.2) is 45.0 Å². The topological polar surface area (TPSA) is 66.9 Å². The zero-order valence-electron chi connectivity index (χ0n) is 15.2. The number of carbonyl (C=O) groups is 1. The number of hydrogen-bond donors (Lipinski definition) is 0. The van der Waals surface area contributed by atoms with Crippen LogP contribution in [0.1, 0.15) is 18.4 Å². The molecule has 142 valence electrons. The van der Waals surface area contributed by atoms with Crippen LogP contribution in [0.15, 0.2) is 53.4 Å². The molecule has 27 heavy (non-hydrogen) atoms. The molecule has 4 rings (SSSR count). The molecular formula is C20H22N2O4S. The molecule has 2 aliphatic heterocycles. The minimum atomic E-state index is -3.80. The minimum absolute atomic E-state index is 0.0252. The van der Waals surface area contributed by atoms with Gasteiger partial charge in [-0.25, -0.2) is 8.42 Å². The van der Waals surface area contributed by atoms with Gasteiger partial charge in [-0.05, 0) is 44.0 Å². The van der Waals surface area contributed by atoms with Crippen LogP contribution in [0.4, 0.5) is 5.69 Å². The number of rotatable bonds is 3. The van der Waals surface area contributed by atoms with Gasteiger partial charge in [-0.3, -0.25) is 9.10 Å². The lowest BCUT2D eigenvalue weighted by Crippen LogP contribution is -2.51. The second kappa shape index (κ2) is 6.88. The molecule has 0 radical (unpaired) electrons. The van der Waals surface area contributed by atoms with E-state index in [1.54, 1.807) is 53.4 Å². The van der Waals surface area contributed by atoms with E-state index in [1.165, 1.54) is 4.31 Å². The Morgan fingerprint density at radius 2 is 1.70 bits per heavy atom. The lowest BCUT2D eigenvalue weighted by atomic mass is 10.2. The second-order valence-corrected chi connectivity index (χ2v) is 8.82. The Morgan fingerprint density at radius 3 is 2.41 bits per heavy atom. The maximum atomic E-state index is 13.3. The first kappa shape index (κ1) is 17.9. The standard InChI is InChI=1S/C20H22N2O4S/c1-15-8-10-16(11-9-15)27(24,25)22-14-19(20(23)21-12-4-5-13-21)26-18-7-3-2-6-17(18)22/h2-3,6-11,19H,4-5,12-14H2,1H3. The number of para-hydroxylation sites is 2. The predicted molar refractivity (Wildman–Crippen MR) is 102 cm³/mol. The van der Waals surface area contributed by atoms with Crippen LogP contribution in [0.25, 0.3) is 0 Å². The number of amides is 1. The summed E-state index contributed by atoms with van der Waals surface area (Å²) in [4.78, 5) is 14.8. The van der Waals surface area contributed by atoms with Crippen molar-refractivity contribution in [2.75, 3.05) is 23.9 Å². The Bertz CT molecular complexity index is 950. The van der Waals surface area contributed by atoms with Gasteiger partial charge < -0.3 is 9.64 Å². The Hall–Kier alpha value is -2.54. The number of nitrogens with zero attached hydrogens (tertiary/aromatic N) is 2. The fraction of sp³-hybridized carbons (Fsp3) is 0.350. The van der Waals surface area contributed by atoms with Crippen molar-refractivity contribution in [2.45, 2.75) is 30.8 Å². The van der Waals surface area contributed by atoms with Gasteiger partial charge in [0.15, 0.2) is 6.10 Å². The van der Waals surface area contributed by atoms with Crippen molar-refractivity contribution in [2.24, 2.45) is 0 Å². The molecule has 1 amide bonds. The summed E-state index contributed by atoms with van der Waals surface area (Å²) >= 11 is 0. The average Bonchev–Trinajstić information content (AvgIpc) is 3.21. The van der Waals surface area contributed by atoms with Crippen LogP contribution in [-0.2, 0) is 14.8 Å². The molecule has 1 fully saturated rings. The molecule has 0 bridgehead atoms. The molecule has 1 unspecified atom stereocenters. The van der Waals surface area contributed by atoms with E-state index in [0.29, 0.717) is 24.5 Å². The normalized spacial score (nSPS) is 19.5. The van der Waals surface area contributed by atoms with Crippen LogP contribution >= 0.6 is 0 Å². The summed E-state index contributed by atoms with van der Waals surface area (Å²) in [5, 5.41) is 0. The highest BCUT2D eigenvalue weighted by Crippen LogP contribution is 2.37. The van der Waals surface area contributed by atoms with E-state index in [1.807, 2.05) is 6.92 Å². The van der Waals surface area contributed by atoms with Crippen molar-refractivity contribution in [1.82, 2.24) is 4.90 Å². The van der Waals surface area contributed by atoms with Crippen LogP contribution in [0, 0.1) is 6.92 Å². The summed E-state index contributed by atoms with van der Waals surface area (Å²) in [5.74, 6) is 0.267. The third-order valence-electron chi connectivity index (χ3n) is 5.04. The fourth-order valence-electron chi connectivity index (χ4n) is 3.54. The van der Waals surface area contributed by atoms with Crippen molar-refractivity contribution in [3.63, 3.8) is 0 Å². The first-order valence-corrected chi connectivity index (χ1v) is 10.5. The first-order chi connectivity index (χ1) is 13.0. The molecule has 2 heterocycles. The lowest BCUT2D eigenvalue weighted by molar-refractivity contribution is -0.137. The number of aryl methyl sites for hydroxylation is 1. The summed E-state index contributed by atoms with van der Waals surface area (Å²) in [7, 11) is -3.80. The van der Waals surface area contributed by atoms with Gasteiger partial charge in [0.2, 0.25) is 0 Å². The summed E-state index contributed by atoms with van der Waals surface area (Å²) in [6, 6.07) is 13.7.